The van der Waals surface area contributed by atoms with Gasteiger partial charge in [-0.1, -0.05) is 11.8 Å². The number of hydrogen-bond donors (Lipinski definition) is 1. The highest BCUT2D eigenvalue weighted by molar-refractivity contribution is 8.13. The molecule has 0 aromatic rings. The molecule has 4 fully saturated rings. The number of amidine groups is 1. The third-order valence-electron chi connectivity index (χ3n) is 5.52. The van der Waals surface area contributed by atoms with E-state index < -0.39 is 0 Å². The fraction of sp³-hybridized carbons (Fsp3) is 0.933. The van der Waals surface area contributed by atoms with Crippen LogP contribution < -0.4 is 5.32 Å². The van der Waals surface area contributed by atoms with Gasteiger partial charge < -0.3 is 5.32 Å². The predicted octanol–water partition coefficient (Wildman–Crippen LogP) is 3.43. The largest absolute Gasteiger partial charge is 0.359 e. The normalized spacial score (nSPS) is 50.2. The maximum absolute atomic E-state index is 4.83. The summed E-state index contributed by atoms with van der Waals surface area (Å²) in [4.78, 5) is 4.83. The molecule has 1 unspecified atom stereocenters. The average Bonchev–Trinajstić information content (AvgIpc) is 2.25. The minimum absolute atomic E-state index is 0.442. The van der Waals surface area contributed by atoms with Gasteiger partial charge in [-0.15, -0.1) is 0 Å². The molecule has 3 heteroatoms. The zero-order valence-electron chi connectivity index (χ0n) is 11.3. The zero-order valence-corrected chi connectivity index (χ0v) is 12.1. The Morgan fingerprint density at radius 2 is 1.72 bits per heavy atom. The lowest BCUT2D eigenvalue weighted by molar-refractivity contribution is -0.00968. The van der Waals surface area contributed by atoms with Gasteiger partial charge in [0.15, 0.2) is 5.17 Å². The highest BCUT2D eigenvalue weighted by Gasteiger charge is 2.51. The van der Waals surface area contributed by atoms with Gasteiger partial charge in [-0.2, -0.15) is 0 Å². The first kappa shape index (κ1) is 11.6. The van der Waals surface area contributed by atoms with Crippen molar-refractivity contribution in [3.05, 3.63) is 0 Å². The summed E-state index contributed by atoms with van der Waals surface area (Å²) >= 11 is 1.95. The van der Waals surface area contributed by atoms with Gasteiger partial charge in [0, 0.05) is 11.3 Å². The van der Waals surface area contributed by atoms with E-state index >= 15 is 0 Å². The lowest BCUT2D eigenvalue weighted by Crippen LogP contribution is -2.59. The highest BCUT2D eigenvalue weighted by atomic mass is 32.2. The summed E-state index contributed by atoms with van der Waals surface area (Å²) in [6.45, 7) is 2.25. The van der Waals surface area contributed by atoms with Crippen LogP contribution in [0.5, 0.6) is 0 Å². The second kappa shape index (κ2) is 4.16. The smallest absolute Gasteiger partial charge is 0.157 e. The number of nitrogens with zero attached hydrogens (tertiary/aromatic N) is 1. The van der Waals surface area contributed by atoms with E-state index in [1.165, 1.54) is 55.9 Å². The lowest BCUT2D eigenvalue weighted by atomic mass is 9.53. The van der Waals surface area contributed by atoms with Crippen LogP contribution in [0.2, 0.25) is 0 Å². The fourth-order valence-corrected chi connectivity index (χ4v) is 6.38. The SMILES string of the molecule is CC1CCSC(NC23CC4CC(CC(C4)C2)C3)=N1. The molecule has 0 radical (unpaired) electrons. The van der Waals surface area contributed by atoms with Gasteiger partial charge in [-0.25, -0.2) is 0 Å². The van der Waals surface area contributed by atoms with Crippen LogP contribution in [0, 0.1) is 17.8 Å². The fourth-order valence-electron chi connectivity index (χ4n) is 5.19. The van der Waals surface area contributed by atoms with Gasteiger partial charge >= 0.3 is 0 Å². The van der Waals surface area contributed by atoms with E-state index in [9.17, 15) is 0 Å². The minimum Gasteiger partial charge on any atom is -0.359 e. The van der Waals surface area contributed by atoms with E-state index in [4.69, 9.17) is 4.99 Å². The van der Waals surface area contributed by atoms with Crippen molar-refractivity contribution >= 4 is 16.9 Å². The lowest BCUT2D eigenvalue weighted by Gasteiger charge is -2.57. The van der Waals surface area contributed by atoms with Crippen molar-refractivity contribution in [3.8, 4) is 0 Å². The van der Waals surface area contributed by atoms with Crippen molar-refractivity contribution in [1.29, 1.82) is 0 Å². The van der Waals surface area contributed by atoms with Crippen LogP contribution in [0.3, 0.4) is 0 Å². The van der Waals surface area contributed by atoms with E-state index in [1.807, 2.05) is 11.8 Å². The Morgan fingerprint density at radius 1 is 1.11 bits per heavy atom. The number of nitrogens with one attached hydrogen (secondary N) is 1. The first-order chi connectivity index (χ1) is 8.71. The molecule has 4 bridgehead atoms. The molecule has 5 rings (SSSR count). The van der Waals surface area contributed by atoms with Gasteiger partial charge in [-0.05, 0) is 69.6 Å². The first-order valence-electron chi connectivity index (χ1n) is 7.70. The molecule has 4 saturated carbocycles. The van der Waals surface area contributed by atoms with Gasteiger partial charge in [0.05, 0.1) is 6.04 Å². The van der Waals surface area contributed by atoms with Crippen molar-refractivity contribution in [1.82, 2.24) is 5.32 Å². The molecule has 0 aromatic carbocycles. The number of hydrogen-bond acceptors (Lipinski definition) is 3. The summed E-state index contributed by atoms with van der Waals surface area (Å²) in [7, 11) is 0. The van der Waals surface area contributed by atoms with Crippen molar-refractivity contribution in [2.24, 2.45) is 22.7 Å². The van der Waals surface area contributed by atoms with Crippen molar-refractivity contribution in [2.45, 2.75) is 63.5 Å². The Bertz CT molecular complexity index is 341. The summed E-state index contributed by atoms with van der Waals surface area (Å²) in [5.41, 5.74) is 0.442. The van der Waals surface area contributed by atoms with Crippen LogP contribution in [-0.2, 0) is 0 Å². The van der Waals surface area contributed by atoms with Gasteiger partial charge in [-0.3, -0.25) is 4.99 Å². The molecule has 1 heterocycles. The Kier molecular flexibility index (Phi) is 2.69. The van der Waals surface area contributed by atoms with Crippen LogP contribution in [0.1, 0.15) is 51.9 Å². The monoisotopic (exact) mass is 264 g/mol. The molecule has 0 amide bonds. The quantitative estimate of drug-likeness (QED) is 0.784. The van der Waals surface area contributed by atoms with Gasteiger partial charge in [0.25, 0.3) is 0 Å². The van der Waals surface area contributed by atoms with Crippen molar-refractivity contribution in [3.63, 3.8) is 0 Å². The predicted molar refractivity (Wildman–Crippen MR) is 78.0 cm³/mol. The van der Waals surface area contributed by atoms with Crippen LogP contribution in [0.15, 0.2) is 4.99 Å². The standard InChI is InChI=1S/C15H24N2S/c1-10-2-3-18-14(16-10)17-15-7-11-4-12(8-15)6-13(5-11)9-15/h10-13H,2-9H2,1H3,(H,16,17). The second-order valence-electron chi connectivity index (χ2n) is 7.24. The molecule has 0 saturated heterocycles. The molecule has 1 atom stereocenters. The molecular formula is C15H24N2S. The topological polar surface area (TPSA) is 24.4 Å². The molecule has 1 aliphatic heterocycles. The summed E-state index contributed by atoms with van der Waals surface area (Å²) in [6, 6.07) is 0.530. The molecule has 1 N–H and O–H groups in total. The number of thioether (sulfide) groups is 1. The molecule has 2 nitrogen and oxygen atoms in total. The Morgan fingerprint density at radius 3 is 2.28 bits per heavy atom. The van der Waals surface area contributed by atoms with E-state index in [0.717, 1.165) is 17.8 Å². The maximum atomic E-state index is 4.83. The maximum Gasteiger partial charge on any atom is 0.157 e. The van der Waals surface area contributed by atoms with E-state index in [2.05, 4.69) is 12.2 Å². The molecule has 5 aliphatic rings. The molecule has 4 aliphatic carbocycles. The van der Waals surface area contributed by atoms with Crippen LogP contribution in [0.25, 0.3) is 0 Å². The molecule has 18 heavy (non-hydrogen) atoms. The summed E-state index contributed by atoms with van der Waals surface area (Å²) in [6.07, 6.45) is 10.1. The van der Waals surface area contributed by atoms with Crippen LogP contribution in [0.4, 0.5) is 0 Å². The molecule has 100 valence electrons. The number of rotatable bonds is 1. The third-order valence-corrected chi connectivity index (χ3v) is 6.44. The number of aliphatic imine (C=N–C) groups is 1. The van der Waals surface area contributed by atoms with Crippen LogP contribution >= 0.6 is 11.8 Å². The minimum atomic E-state index is 0.442. The third kappa shape index (κ3) is 1.99. The summed E-state index contributed by atoms with van der Waals surface area (Å²) in [5, 5.41) is 5.17. The molecule has 0 aromatic heterocycles. The second-order valence-corrected chi connectivity index (χ2v) is 8.33. The first-order valence-corrected chi connectivity index (χ1v) is 8.68. The Balaban J connectivity index is 1.54. The Hall–Kier alpha value is -0.180. The zero-order chi connectivity index (χ0) is 12.2. The van der Waals surface area contributed by atoms with E-state index in [-0.39, 0.29) is 0 Å². The Labute approximate surface area is 114 Å². The average molecular weight is 264 g/mol. The van der Waals surface area contributed by atoms with Crippen LogP contribution in [-0.4, -0.2) is 22.5 Å². The molecule has 0 spiro atoms. The van der Waals surface area contributed by atoms with Gasteiger partial charge in [0.2, 0.25) is 0 Å². The van der Waals surface area contributed by atoms with E-state index in [0.29, 0.717) is 11.6 Å². The molecular weight excluding hydrogens is 240 g/mol. The van der Waals surface area contributed by atoms with Crippen molar-refractivity contribution in [2.75, 3.05) is 5.75 Å². The van der Waals surface area contributed by atoms with Crippen molar-refractivity contribution < 1.29 is 0 Å². The van der Waals surface area contributed by atoms with E-state index in [1.54, 1.807) is 0 Å². The highest BCUT2D eigenvalue weighted by Crippen LogP contribution is 2.55. The van der Waals surface area contributed by atoms with Gasteiger partial charge in [0.1, 0.15) is 0 Å². The summed E-state index contributed by atoms with van der Waals surface area (Å²) in [5.74, 6) is 4.32. The summed E-state index contributed by atoms with van der Waals surface area (Å²) < 4.78 is 0.